The number of benzene rings is 1. The van der Waals surface area contributed by atoms with Gasteiger partial charge in [-0.15, -0.1) is 4.98 Å². The first-order chi connectivity index (χ1) is 17.9. The standard InChI is InChI=1S/C30H36FN5O/c1-6-21-18-36(27-16-29(37)34(5)26-13-14-28(32-4)33-30(26)27)22(7-2)17-35(21)25(8-3)23-12-11-20(15-24(23)31)19-9-10-19/h11-16,19,21-22,25H,6-10,17-18H2,1-3,5H3/t21-,22+,25?/m1/s1. The van der Waals surface area contributed by atoms with Gasteiger partial charge in [-0.3, -0.25) is 9.69 Å². The number of rotatable bonds is 7. The molecule has 194 valence electrons. The van der Waals surface area contributed by atoms with Crippen LogP contribution >= 0.6 is 0 Å². The van der Waals surface area contributed by atoms with E-state index in [9.17, 15) is 4.79 Å². The fourth-order valence-electron chi connectivity index (χ4n) is 6.06. The maximum atomic E-state index is 15.4. The zero-order chi connectivity index (χ0) is 26.3. The molecule has 5 rings (SSSR count). The summed E-state index contributed by atoms with van der Waals surface area (Å²) in [5, 5.41) is 0. The SMILES string of the molecule is [C-]#[N+]c1ccc2c(n1)c(N1C[C@@H](CC)N(C(CC)c3ccc(C4CC4)cc3F)C[C@@H]1CC)cc(=O)n2C. The lowest BCUT2D eigenvalue weighted by Gasteiger charge is -2.50. The lowest BCUT2D eigenvalue weighted by Crippen LogP contribution is -2.59. The van der Waals surface area contributed by atoms with Crippen LogP contribution in [0.25, 0.3) is 15.9 Å². The van der Waals surface area contributed by atoms with Gasteiger partial charge in [-0.25, -0.2) is 4.39 Å². The highest BCUT2D eigenvalue weighted by Crippen LogP contribution is 2.42. The molecule has 1 saturated carbocycles. The molecular weight excluding hydrogens is 465 g/mol. The van der Waals surface area contributed by atoms with Gasteiger partial charge in [0, 0.05) is 49.9 Å². The molecule has 0 N–H and O–H groups in total. The third-order valence-electron chi connectivity index (χ3n) is 8.38. The van der Waals surface area contributed by atoms with Crippen LogP contribution in [0.2, 0.25) is 0 Å². The maximum absolute atomic E-state index is 15.4. The number of fused-ring (bicyclic) bond motifs is 1. The Kier molecular flexibility index (Phi) is 7.04. The van der Waals surface area contributed by atoms with Crippen molar-refractivity contribution in [1.29, 1.82) is 0 Å². The van der Waals surface area contributed by atoms with Gasteiger partial charge in [-0.1, -0.05) is 39.5 Å². The lowest BCUT2D eigenvalue weighted by atomic mass is 9.93. The highest BCUT2D eigenvalue weighted by Gasteiger charge is 2.38. The van der Waals surface area contributed by atoms with Gasteiger partial charge in [0.25, 0.3) is 11.4 Å². The number of halogens is 1. The van der Waals surface area contributed by atoms with Crippen LogP contribution in [0.3, 0.4) is 0 Å². The molecule has 0 amide bonds. The Morgan fingerprint density at radius 1 is 1.08 bits per heavy atom. The summed E-state index contributed by atoms with van der Waals surface area (Å²) in [4.78, 5) is 25.9. The van der Waals surface area contributed by atoms with Gasteiger partial charge in [0.1, 0.15) is 5.82 Å². The van der Waals surface area contributed by atoms with E-state index in [-0.39, 0.29) is 29.5 Å². The van der Waals surface area contributed by atoms with Crippen molar-refractivity contribution in [2.45, 2.75) is 76.9 Å². The largest absolute Gasteiger partial charge is 0.362 e. The molecule has 1 aliphatic heterocycles. The number of aromatic nitrogens is 2. The Morgan fingerprint density at radius 3 is 2.46 bits per heavy atom. The van der Waals surface area contributed by atoms with E-state index >= 15 is 4.39 Å². The molecule has 1 saturated heterocycles. The van der Waals surface area contributed by atoms with Gasteiger partial charge in [-0.05, 0) is 61.8 Å². The highest BCUT2D eigenvalue weighted by molar-refractivity contribution is 5.89. The van der Waals surface area contributed by atoms with Crippen LogP contribution in [0.5, 0.6) is 0 Å². The van der Waals surface area contributed by atoms with Crippen LogP contribution < -0.4 is 10.5 Å². The Morgan fingerprint density at radius 2 is 1.84 bits per heavy atom. The Balaban J connectivity index is 1.52. The van der Waals surface area contributed by atoms with E-state index in [1.807, 2.05) is 12.1 Å². The summed E-state index contributed by atoms with van der Waals surface area (Å²) in [6.45, 7) is 15.4. The van der Waals surface area contributed by atoms with Crippen molar-refractivity contribution in [2.24, 2.45) is 7.05 Å². The molecule has 6 nitrogen and oxygen atoms in total. The second kappa shape index (κ2) is 10.3. The molecule has 1 aliphatic carbocycles. The smallest absolute Gasteiger partial charge is 0.270 e. The molecule has 0 radical (unpaired) electrons. The van der Waals surface area contributed by atoms with Crippen LogP contribution in [-0.4, -0.2) is 39.6 Å². The van der Waals surface area contributed by atoms with Gasteiger partial charge < -0.3 is 14.3 Å². The summed E-state index contributed by atoms with van der Waals surface area (Å²) in [5.41, 5.74) is 4.03. The summed E-state index contributed by atoms with van der Waals surface area (Å²) < 4.78 is 17.0. The summed E-state index contributed by atoms with van der Waals surface area (Å²) in [6.07, 6.45) is 4.95. The number of hydrogen-bond donors (Lipinski definition) is 0. The van der Waals surface area contributed by atoms with Crippen molar-refractivity contribution in [3.05, 3.63) is 75.1 Å². The van der Waals surface area contributed by atoms with E-state index < -0.39 is 0 Å². The first-order valence-electron chi connectivity index (χ1n) is 13.6. The minimum absolute atomic E-state index is 0.00151. The molecule has 3 aromatic rings. The zero-order valence-corrected chi connectivity index (χ0v) is 22.2. The summed E-state index contributed by atoms with van der Waals surface area (Å²) in [5.74, 6) is 0.766. The van der Waals surface area contributed by atoms with E-state index in [0.717, 1.165) is 67.5 Å². The quantitative estimate of drug-likeness (QED) is 0.355. The van der Waals surface area contributed by atoms with Gasteiger partial charge in [0.2, 0.25) is 5.52 Å². The number of pyridine rings is 2. The topological polar surface area (TPSA) is 45.7 Å². The molecule has 1 unspecified atom stereocenters. The zero-order valence-electron chi connectivity index (χ0n) is 22.2. The van der Waals surface area contributed by atoms with Crippen molar-refractivity contribution in [2.75, 3.05) is 18.0 Å². The molecular formula is C30H36FN5O. The predicted molar refractivity (Wildman–Crippen MR) is 147 cm³/mol. The molecule has 2 aromatic heterocycles. The van der Waals surface area contributed by atoms with Crippen LogP contribution in [0, 0.1) is 12.4 Å². The molecule has 3 heterocycles. The Bertz CT molecular complexity index is 1410. The number of piperazine rings is 1. The third kappa shape index (κ3) is 4.64. The van der Waals surface area contributed by atoms with Crippen molar-refractivity contribution < 1.29 is 4.39 Å². The molecule has 7 heteroatoms. The van der Waals surface area contributed by atoms with Crippen molar-refractivity contribution in [3.63, 3.8) is 0 Å². The number of aryl methyl sites for hydroxylation is 1. The second-order valence-electron chi connectivity index (χ2n) is 10.5. The predicted octanol–water partition coefficient (Wildman–Crippen LogP) is 6.33. The molecule has 37 heavy (non-hydrogen) atoms. The van der Waals surface area contributed by atoms with Gasteiger partial charge in [0.05, 0.1) is 11.2 Å². The summed E-state index contributed by atoms with van der Waals surface area (Å²) >= 11 is 0. The first-order valence-corrected chi connectivity index (χ1v) is 13.6. The van der Waals surface area contributed by atoms with Gasteiger partial charge in [-0.2, -0.15) is 0 Å². The van der Waals surface area contributed by atoms with E-state index in [4.69, 9.17) is 6.57 Å². The van der Waals surface area contributed by atoms with E-state index in [2.05, 4.69) is 46.5 Å². The Hall–Kier alpha value is -3.24. The highest BCUT2D eigenvalue weighted by atomic mass is 19.1. The lowest BCUT2D eigenvalue weighted by molar-refractivity contribution is 0.0880. The number of nitrogens with zero attached hydrogens (tertiary/aromatic N) is 5. The van der Waals surface area contributed by atoms with Crippen LogP contribution in [0.1, 0.15) is 76.0 Å². The fraction of sp³-hybridized carbons (Fsp3) is 0.500. The summed E-state index contributed by atoms with van der Waals surface area (Å²) in [6, 6.07) is 11.4. The maximum Gasteiger partial charge on any atom is 0.270 e. The minimum Gasteiger partial charge on any atom is -0.362 e. The number of anilines is 1. The average molecular weight is 502 g/mol. The van der Waals surface area contributed by atoms with E-state index in [1.54, 1.807) is 29.8 Å². The summed E-state index contributed by atoms with van der Waals surface area (Å²) in [7, 11) is 1.74. The monoisotopic (exact) mass is 501 g/mol. The molecule has 3 atom stereocenters. The number of hydrogen-bond acceptors (Lipinski definition) is 4. The second-order valence-corrected chi connectivity index (χ2v) is 10.5. The fourth-order valence-corrected chi connectivity index (χ4v) is 6.06. The van der Waals surface area contributed by atoms with E-state index in [0.29, 0.717) is 17.3 Å². The van der Waals surface area contributed by atoms with Crippen molar-refractivity contribution in [3.8, 4) is 0 Å². The van der Waals surface area contributed by atoms with Crippen molar-refractivity contribution in [1.82, 2.24) is 14.5 Å². The Labute approximate surface area is 218 Å². The van der Waals surface area contributed by atoms with Gasteiger partial charge in [0.15, 0.2) is 0 Å². The molecule has 2 aliphatic rings. The molecule has 0 bridgehead atoms. The van der Waals surface area contributed by atoms with Crippen LogP contribution in [-0.2, 0) is 7.05 Å². The van der Waals surface area contributed by atoms with Crippen molar-refractivity contribution >= 4 is 22.5 Å². The van der Waals surface area contributed by atoms with Gasteiger partial charge >= 0.3 is 0 Å². The van der Waals surface area contributed by atoms with E-state index in [1.165, 1.54) is 0 Å². The first kappa shape index (κ1) is 25.4. The van der Waals surface area contributed by atoms with Crippen LogP contribution in [0.4, 0.5) is 15.9 Å². The van der Waals surface area contributed by atoms with Crippen LogP contribution in [0.15, 0.2) is 41.2 Å². The molecule has 0 spiro atoms. The third-order valence-corrected chi connectivity index (χ3v) is 8.38. The normalized spacial score (nSPS) is 21.2. The molecule has 1 aromatic carbocycles. The average Bonchev–Trinajstić information content (AvgIpc) is 3.77. The minimum atomic E-state index is -0.0885. The molecule has 2 fully saturated rings.